The van der Waals surface area contributed by atoms with Crippen molar-refractivity contribution in [3.63, 3.8) is 0 Å². The fraction of sp³-hybridized carbons (Fsp3) is 0.600. The minimum absolute atomic E-state index is 0.0618. The lowest BCUT2D eigenvalue weighted by Gasteiger charge is -2.32. The van der Waals surface area contributed by atoms with Crippen LogP contribution in [0, 0.1) is 12.8 Å². The highest BCUT2D eigenvalue weighted by atomic mass is 32.2. The summed E-state index contributed by atoms with van der Waals surface area (Å²) in [5.41, 5.74) is 0.988. The topological polar surface area (TPSA) is 105 Å². The van der Waals surface area contributed by atoms with E-state index in [4.69, 9.17) is 4.74 Å². The second-order valence-corrected chi connectivity index (χ2v) is 9.79. The number of benzene rings is 1. The predicted molar refractivity (Wildman–Crippen MR) is 109 cm³/mol. The van der Waals surface area contributed by atoms with Crippen molar-refractivity contribution in [3.8, 4) is 5.75 Å². The van der Waals surface area contributed by atoms with Crippen LogP contribution < -0.4 is 15.4 Å². The molecule has 9 heteroatoms. The van der Waals surface area contributed by atoms with Crippen molar-refractivity contribution in [3.05, 3.63) is 17.7 Å². The highest BCUT2D eigenvalue weighted by molar-refractivity contribution is 7.89. The third-order valence-electron chi connectivity index (χ3n) is 5.58. The van der Waals surface area contributed by atoms with Gasteiger partial charge in [-0.05, 0) is 51.7 Å². The van der Waals surface area contributed by atoms with Crippen molar-refractivity contribution in [2.45, 2.75) is 64.0 Å². The van der Waals surface area contributed by atoms with Gasteiger partial charge in [-0.3, -0.25) is 9.59 Å². The minimum atomic E-state index is -3.80. The number of ether oxygens (including phenoxy) is 1. The van der Waals surface area contributed by atoms with Gasteiger partial charge >= 0.3 is 0 Å². The molecule has 2 heterocycles. The van der Waals surface area contributed by atoms with Gasteiger partial charge in [0, 0.05) is 25.2 Å². The number of sulfonamides is 1. The lowest BCUT2D eigenvalue weighted by Crippen LogP contribution is -2.47. The molecule has 1 aromatic carbocycles. The first-order valence-corrected chi connectivity index (χ1v) is 11.5. The number of carbonyl (C=O) groups excluding carboxylic acids is 2. The molecule has 2 aliphatic heterocycles. The Balaban J connectivity index is 1.84. The number of aryl methyl sites for hydroxylation is 1. The maximum Gasteiger partial charge on any atom is 0.265 e. The monoisotopic (exact) mass is 423 g/mol. The Bertz CT molecular complexity index is 915. The molecule has 2 N–H and O–H groups in total. The van der Waals surface area contributed by atoms with E-state index in [1.165, 1.54) is 10.4 Å². The standard InChI is InChI=1S/C20H29N3O5S/c1-5-13(3)21-20(25)15-7-6-8-23(11-15)29(26,27)18-10-17-16(9-12(18)2)22-19(24)14(4)28-17/h9-10,13-15H,5-8,11H2,1-4H3,(H,21,25)(H,22,24)/t13-,14-,15-/m0/s1. The molecule has 3 atom stereocenters. The zero-order chi connectivity index (χ0) is 21.3. The molecule has 0 unspecified atom stereocenters. The molecular formula is C20H29N3O5S. The second-order valence-electron chi connectivity index (χ2n) is 7.88. The number of hydrogen-bond acceptors (Lipinski definition) is 5. The van der Waals surface area contributed by atoms with Gasteiger partial charge in [0.15, 0.2) is 6.10 Å². The summed E-state index contributed by atoms with van der Waals surface area (Å²) < 4.78 is 33.6. The molecule has 2 amide bonds. The van der Waals surface area contributed by atoms with Crippen molar-refractivity contribution in [1.29, 1.82) is 0 Å². The van der Waals surface area contributed by atoms with Gasteiger partial charge in [-0.2, -0.15) is 4.31 Å². The summed E-state index contributed by atoms with van der Waals surface area (Å²) >= 11 is 0. The first kappa shape index (κ1) is 21.6. The zero-order valence-electron chi connectivity index (χ0n) is 17.3. The maximum absolute atomic E-state index is 13.3. The van der Waals surface area contributed by atoms with Crippen molar-refractivity contribution in [2.24, 2.45) is 5.92 Å². The van der Waals surface area contributed by atoms with Crippen molar-refractivity contribution in [2.75, 3.05) is 18.4 Å². The number of fused-ring (bicyclic) bond motifs is 1. The van der Waals surface area contributed by atoms with E-state index < -0.39 is 16.1 Å². The number of rotatable bonds is 5. The van der Waals surface area contributed by atoms with Crippen LogP contribution in [0.25, 0.3) is 0 Å². The molecule has 3 rings (SSSR count). The SMILES string of the molecule is CC[C@H](C)NC(=O)[C@H]1CCCN(S(=O)(=O)c2cc3c(cc2C)NC(=O)[C@H](C)O3)C1. The molecule has 1 fully saturated rings. The van der Waals surface area contributed by atoms with E-state index in [1.807, 2.05) is 13.8 Å². The van der Waals surface area contributed by atoms with E-state index in [9.17, 15) is 18.0 Å². The van der Waals surface area contributed by atoms with Crippen LogP contribution in [0.4, 0.5) is 5.69 Å². The van der Waals surface area contributed by atoms with Crippen molar-refractivity contribution in [1.82, 2.24) is 9.62 Å². The molecule has 1 saturated heterocycles. The summed E-state index contributed by atoms with van der Waals surface area (Å²) in [7, 11) is -3.80. The number of anilines is 1. The molecule has 29 heavy (non-hydrogen) atoms. The molecule has 160 valence electrons. The van der Waals surface area contributed by atoms with Gasteiger partial charge in [0.05, 0.1) is 16.5 Å². The van der Waals surface area contributed by atoms with Gasteiger partial charge in [0.1, 0.15) is 5.75 Å². The van der Waals surface area contributed by atoms with E-state index in [1.54, 1.807) is 19.9 Å². The van der Waals surface area contributed by atoms with Crippen LogP contribution >= 0.6 is 0 Å². The second kappa shape index (κ2) is 8.31. The predicted octanol–water partition coefficient (Wildman–Crippen LogP) is 2.03. The van der Waals surface area contributed by atoms with Gasteiger partial charge in [0.2, 0.25) is 15.9 Å². The maximum atomic E-state index is 13.3. The smallest absolute Gasteiger partial charge is 0.265 e. The van der Waals surface area contributed by atoms with Gasteiger partial charge in [0.25, 0.3) is 5.91 Å². The first-order chi connectivity index (χ1) is 13.6. The Morgan fingerprint density at radius 2 is 2.14 bits per heavy atom. The summed E-state index contributed by atoms with van der Waals surface area (Å²) in [6.07, 6.45) is 1.43. The molecule has 0 bridgehead atoms. The van der Waals surface area contributed by atoms with Gasteiger partial charge < -0.3 is 15.4 Å². The fourth-order valence-corrected chi connectivity index (χ4v) is 5.34. The van der Waals surface area contributed by atoms with Crippen LogP contribution in [0.2, 0.25) is 0 Å². The largest absolute Gasteiger partial charge is 0.479 e. The van der Waals surface area contributed by atoms with Crippen LogP contribution in [-0.4, -0.2) is 49.8 Å². The normalized spacial score (nSPS) is 23.5. The highest BCUT2D eigenvalue weighted by Crippen LogP contribution is 2.36. The Morgan fingerprint density at radius 1 is 1.41 bits per heavy atom. The molecule has 2 aliphatic rings. The Kier molecular flexibility index (Phi) is 6.19. The summed E-state index contributed by atoms with van der Waals surface area (Å²) in [6, 6.07) is 3.15. The summed E-state index contributed by atoms with van der Waals surface area (Å²) in [6.45, 7) is 7.76. The summed E-state index contributed by atoms with van der Waals surface area (Å²) in [4.78, 5) is 24.4. The van der Waals surface area contributed by atoms with Crippen LogP contribution in [0.1, 0.15) is 45.6 Å². The number of piperidine rings is 1. The quantitative estimate of drug-likeness (QED) is 0.754. The van der Waals surface area contributed by atoms with E-state index in [0.717, 1.165) is 6.42 Å². The van der Waals surface area contributed by atoms with E-state index in [2.05, 4.69) is 10.6 Å². The van der Waals surface area contributed by atoms with E-state index in [0.29, 0.717) is 36.4 Å². The van der Waals surface area contributed by atoms with Crippen molar-refractivity contribution < 1.29 is 22.7 Å². The lowest BCUT2D eigenvalue weighted by molar-refractivity contribution is -0.126. The molecular weight excluding hydrogens is 394 g/mol. The van der Waals surface area contributed by atoms with E-state index >= 15 is 0 Å². The van der Waals surface area contributed by atoms with Crippen LogP contribution in [0.5, 0.6) is 5.75 Å². The molecule has 0 radical (unpaired) electrons. The van der Waals surface area contributed by atoms with Crippen molar-refractivity contribution >= 4 is 27.5 Å². The fourth-order valence-electron chi connectivity index (χ4n) is 3.60. The Hall–Kier alpha value is -2.13. The van der Waals surface area contributed by atoms with Crippen LogP contribution in [0.15, 0.2) is 17.0 Å². The van der Waals surface area contributed by atoms with E-state index in [-0.39, 0.29) is 35.2 Å². The number of nitrogens with one attached hydrogen (secondary N) is 2. The van der Waals surface area contributed by atoms with Gasteiger partial charge in [-0.1, -0.05) is 6.92 Å². The number of carbonyl (C=O) groups is 2. The number of hydrogen-bond donors (Lipinski definition) is 2. The molecule has 0 saturated carbocycles. The van der Waals surface area contributed by atoms with Gasteiger partial charge in [-0.15, -0.1) is 0 Å². The molecule has 8 nitrogen and oxygen atoms in total. The number of nitrogens with zero attached hydrogens (tertiary/aromatic N) is 1. The van der Waals surface area contributed by atoms with Crippen LogP contribution in [-0.2, 0) is 19.6 Å². The van der Waals surface area contributed by atoms with Gasteiger partial charge in [-0.25, -0.2) is 8.42 Å². The lowest BCUT2D eigenvalue weighted by atomic mass is 9.98. The first-order valence-electron chi connectivity index (χ1n) is 10.1. The molecule has 0 aromatic heterocycles. The zero-order valence-corrected chi connectivity index (χ0v) is 18.1. The Labute approximate surface area is 172 Å². The average Bonchev–Trinajstić information content (AvgIpc) is 2.68. The van der Waals surface area contributed by atoms with Crippen LogP contribution in [0.3, 0.4) is 0 Å². The summed E-state index contributed by atoms with van der Waals surface area (Å²) in [5.74, 6) is -0.384. The molecule has 0 aliphatic carbocycles. The number of amides is 2. The summed E-state index contributed by atoms with van der Waals surface area (Å²) in [5, 5.41) is 5.68. The molecule has 1 aromatic rings. The molecule has 0 spiro atoms. The third kappa shape index (κ3) is 4.40. The average molecular weight is 424 g/mol. The highest BCUT2D eigenvalue weighted by Gasteiger charge is 2.35. The third-order valence-corrected chi connectivity index (χ3v) is 7.59. The minimum Gasteiger partial charge on any atom is -0.479 e. The Morgan fingerprint density at radius 3 is 2.83 bits per heavy atom.